The summed E-state index contributed by atoms with van der Waals surface area (Å²) in [6.45, 7) is 23.1. The van der Waals surface area contributed by atoms with E-state index in [1.807, 2.05) is 5.57 Å². The Hall–Kier alpha value is -0.790. The molecule has 0 saturated heterocycles. The maximum absolute atomic E-state index is 13.2. The molecule has 0 radical (unpaired) electrons. The Morgan fingerprint density at radius 3 is 1.94 bits per heavy atom. The van der Waals surface area contributed by atoms with Gasteiger partial charge in [-0.2, -0.15) is 0 Å². The second-order valence-corrected chi connectivity index (χ2v) is 20.1. The van der Waals surface area contributed by atoms with Crippen LogP contribution in [-0.4, -0.2) is 12.1 Å². The zero-order chi connectivity index (χ0) is 34.8. The van der Waals surface area contributed by atoms with Crippen LogP contribution in [0.4, 0.5) is 0 Å². The molecule has 2 nitrogen and oxygen atoms in total. The molecule has 0 aromatic rings. The highest BCUT2D eigenvalue weighted by Crippen LogP contribution is 2.75. The van der Waals surface area contributed by atoms with E-state index in [9.17, 15) is 4.79 Å². The molecule has 2 heteroatoms. The first kappa shape index (κ1) is 38.4. The molecule has 4 saturated carbocycles. The summed E-state index contributed by atoms with van der Waals surface area (Å²) in [5.41, 5.74) is 3.40. The summed E-state index contributed by atoms with van der Waals surface area (Å²) in [4.78, 5) is 13.2. The van der Waals surface area contributed by atoms with Gasteiger partial charge in [0.1, 0.15) is 6.10 Å². The Morgan fingerprint density at radius 2 is 1.31 bits per heavy atom. The lowest BCUT2D eigenvalue weighted by Gasteiger charge is -2.71. The van der Waals surface area contributed by atoms with Crippen molar-refractivity contribution in [2.45, 2.75) is 216 Å². The van der Waals surface area contributed by atoms with Gasteiger partial charge in [0.25, 0.3) is 0 Å². The molecular weight excluding hydrogens is 585 g/mol. The van der Waals surface area contributed by atoms with Crippen molar-refractivity contribution in [1.82, 2.24) is 0 Å². The van der Waals surface area contributed by atoms with Crippen LogP contribution in [0.3, 0.4) is 0 Å². The second kappa shape index (κ2) is 15.4. The van der Waals surface area contributed by atoms with E-state index in [4.69, 9.17) is 4.74 Å². The van der Waals surface area contributed by atoms with Crippen LogP contribution < -0.4 is 0 Å². The van der Waals surface area contributed by atoms with Crippen LogP contribution in [0.15, 0.2) is 11.6 Å². The first-order valence-corrected chi connectivity index (χ1v) is 21.6. The third kappa shape index (κ3) is 7.14. The molecular formula is C46H80O2. The van der Waals surface area contributed by atoms with Crippen molar-refractivity contribution >= 4 is 5.97 Å². The maximum atomic E-state index is 13.2. The molecule has 0 bridgehead atoms. The molecule has 0 aromatic heterocycles. The van der Waals surface area contributed by atoms with Crippen LogP contribution in [0, 0.1) is 56.7 Å². The summed E-state index contributed by atoms with van der Waals surface area (Å²) < 4.78 is 6.42. The molecule has 5 aliphatic rings. The summed E-state index contributed by atoms with van der Waals surface area (Å²) in [6.07, 6.45) is 32.7. The molecule has 5 rings (SSSR count). The fraction of sp³-hybridized carbons (Fsp3) is 0.935. The van der Waals surface area contributed by atoms with Gasteiger partial charge in [0.2, 0.25) is 0 Å². The lowest BCUT2D eigenvalue weighted by Crippen LogP contribution is -2.65. The van der Waals surface area contributed by atoms with E-state index in [2.05, 4.69) is 68.4 Å². The maximum Gasteiger partial charge on any atom is 0.306 e. The predicted octanol–water partition coefficient (Wildman–Crippen LogP) is 14.1. The summed E-state index contributed by atoms with van der Waals surface area (Å²) in [7, 11) is 0. The van der Waals surface area contributed by atoms with Crippen molar-refractivity contribution in [3.05, 3.63) is 11.6 Å². The number of esters is 1. The highest BCUT2D eigenvalue weighted by atomic mass is 16.5. The van der Waals surface area contributed by atoms with E-state index in [1.165, 1.54) is 128 Å². The number of ether oxygens (including phenoxy) is 1. The Morgan fingerprint density at radius 1 is 0.708 bits per heavy atom. The topological polar surface area (TPSA) is 26.3 Å². The molecule has 10 atom stereocenters. The third-order valence-electron chi connectivity index (χ3n) is 17.1. The molecule has 276 valence electrons. The number of rotatable bonds is 15. The molecule has 0 heterocycles. The number of hydrogen-bond donors (Lipinski definition) is 0. The van der Waals surface area contributed by atoms with Gasteiger partial charge in [-0.15, -0.1) is 0 Å². The van der Waals surface area contributed by atoms with Crippen molar-refractivity contribution in [1.29, 1.82) is 0 Å². The molecule has 0 aromatic carbocycles. The molecule has 0 N–H and O–H groups in total. The van der Waals surface area contributed by atoms with E-state index in [0.29, 0.717) is 34.0 Å². The quantitative estimate of drug-likeness (QED) is 0.0989. The Bertz CT molecular complexity index is 1100. The minimum Gasteiger partial charge on any atom is -0.462 e. The Labute approximate surface area is 299 Å². The van der Waals surface area contributed by atoms with Crippen molar-refractivity contribution < 1.29 is 9.53 Å². The highest BCUT2D eigenvalue weighted by Gasteiger charge is 2.68. The molecule has 5 aliphatic carbocycles. The average molecular weight is 665 g/mol. The minimum absolute atomic E-state index is 0.0311. The Balaban J connectivity index is 1.12. The van der Waals surface area contributed by atoms with Crippen molar-refractivity contribution in [3.8, 4) is 0 Å². The van der Waals surface area contributed by atoms with Crippen LogP contribution in [0.25, 0.3) is 0 Å². The fourth-order valence-corrected chi connectivity index (χ4v) is 13.5. The van der Waals surface area contributed by atoms with E-state index >= 15 is 0 Å². The number of hydrogen-bond acceptors (Lipinski definition) is 2. The number of allylic oxidation sites excluding steroid dienone is 2. The minimum atomic E-state index is 0.0311. The van der Waals surface area contributed by atoms with Gasteiger partial charge in [-0.1, -0.05) is 151 Å². The van der Waals surface area contributed by atoms with Gasteiger partial charge in [-0.25, -0.2) is 0 Å². The Kier molecular flexibility index (Phi) is 12.4. The van der Waals surface area contributed by atoms with E-state index in [1.54, 1.807) is 0 Å². The molecule has 48 heavy (non-hydrogen) atoms. The number of fused-ring (bicyclic) bond motifs is 7. The summed E-state index contributed by atoms with van der Waals surface area (Å²) >= 11 is 0. The molecule has 0 aliphatic heterocycles. The summed E-state index contributed by atoms with van der Waals surface area (Å²) in [5, 5.41) is 0. The van der Waals surface area contributed by atoms with E-state index < -0.39 is 0 Å². The van der Waals surface area contributed by atoms with Crippen LogP contribution in [0.1, 0.15) is 210 Å². The molecule has 0 spiro atoms. The zero-order valence-electron chi connectivity index (χ0n) is 33.6. The SMILES string of the molecule is CCCCCCCCCCCCCCCC(=O)O[C@H]1CC[C@@]2(C)C(CC[C@]3(C)C2CC=C2[C@@H]4[C@@H](C)[C@H](C)CC[C@]4(C)CC[C@]23C)C1(C)C. The van der Waals surface area contributed by atoms with Crippen molar-refractivity contribution in [2.75, 3.05) is 0 Å². The van der Waals surface area contributed by atoms with E-state index in [0.717, 1.165) is 36.5 Å². The van der Waals surface area contributed by atoms with Gasteiger partial charge in [0.05, 0.1) is 0 Å². The normalized spacial score (nSPS) is 41.7. The smallest absolute Gasteiger partial charge is 0.306 e. The van der Waals surface area contributed by atoms with Crippen molar-refractivity contribution in [2.24, 2.45) is 56.7 Å². The second-order valence-electron chi connectivity index (χ2n) is 20.1. The standard InChI is InChI=1S/C46H80O2/c1-10-11-12-13-14-15-16-17-18-19-20-21-22-23-40(47)48-39-28-30-44(7)37(42(39,4)5)27-31-46(9)38(44)25-24-36-41-35(3)34(2)26-29-43(41,6)32-33-45(36,46)8/h24,34-35,37-39,41H,10-23,25-33H2,1-9H3/t34-,35+,37?,38?,39+,41+,43-,44+,45-,46-/m1/s1. The lowest BCUT2D eigenvalue weighted by atomic mass is 9.33. The van der Waals surface area contributed by atoms with Crippen LogP contribution >= 0.6 is 0 Å². The number of carbonyl (C=O) groups is 1. The predicted molar refractivity (Wildman–Crippen MR) is 205 cm³/mol. The monoisotopic (exact) mass is 665 g/mol. The van der Waals surface area contributed by atoms with Gasteiger partial charge in [0.15, 0.2) is 0 Å². The third-order valence-corrected chi connectivity index (χ3v) is 17.1. The van der Waals surface area contributed by atoms with Gasteiger partial charge in [0, 0.05) is 11.8 Å². The van der Waals surface area contributed by atoms with Gasteiger partial charge in [-0.05, 0) is 115 Å². The van der Waals surface area contributed by atoms with Crippen LogP contribution in [0.5, 0.6) is 0 Å². The summed E-state index contributed by atoms with van der Waals surface area (Å²) in [5.74, 6) is 3.81. The fourth-order valence-electron chi connectivity index (χ4n) is 13.5. The van der Waals surface area contributed by atoms with E-state index in [-0.39, 0.29) is 17.5 Å². The zero-order valence-corrected chi connectivity index (χ0v) is 33.6. The van der Waals surface area contributed by atoms with Crippen molar-refractivity contribution in [3.63, 3.8) is 0 Å². The highest BCUT2D eigenvalue weighted by molar-refractivity contribution is 5.69. The average Bonchev–Trinajstić information content (AvgIpc) is 3.03. The van der Waals surface area contributed by atoms with Gasteiger partial charge < -0.3 is 4.74 Å². The lowest BCUT2D eigenvalue weighted by molar-refractivity contribution is -0.213. The first-order chi connectivity index (χ1) is 22.7. The van der Waals surface area contributed by atoms with Crippen LogP contribution in [-0.2, 0) is 9.53 Å². The molecule has 2 unspecified atom stereocenters. The molecule has 0 amide bonds. The number of unbranched alkanes of at least 4 members (excludes halogenated alkanes) is 12. The number of carbonyl (C=O) groups excluding carboxylic acids is 1. The summed E-state index contributed by atoms with van der Waals surface area (Å²) in [6, 6.07) is 0. The first-order valence-electron chi connectivity index (χ1n) is 21.6. The largest absolute Gasteiger partial charge is 0.462 e. The molecule has 4 fully saturated rings. The van der Waals surface area contributed by atoms with Gasteiger partial charge >= 0.3 is 5.97 Å². The van der Waals surface area contributed by atoms with Crippen LogP contribution in [0.2, 0.25) is 0 Å². The van der Waals surface area contributed by atoms with Gasteiger partial charge in [-0.3, -0.25) is 4.79 Å².